The van der Waals surface area contributed by atoms with Gasteiger partial charge in [-0.3, -0.25) is 9.88 Å². The highest BCUT2D eigenvalue weighted by Gasteiger charge is 2.04. The molecule has 0 atom stereocenters. The van der Waals surface area contributed by atoms with E-state index < -0.39 is 0 Å². The zero-order valence-electron chi connectivity index (χ0n) is 8.56. The molecule has 15 heavy (non-hydrogen) atoms. The second-order valence-corrected chi connectivity index (χ2v) is 3.61. The summed E-state index contributed by atoms with van der Waals surface area (Å²) >= 11 is 5.70. The van der Waals surface area contributed by atoms with E-state index in [0.29, 0.717) is 12.3 Å². The van der Waals surface area contributed by atoms with Gasteiger partial charge in [0.1, 0.15) is 0 Å². The molecule has 0 aliphatic heterocycles. The largest absolute Gasteiger partial charge is 0.297 e. The second kappa shape index (κ2) is 7.22. The van der Waals surface area contributed by atoms with Crippen LogP contribution in [-0.2, 0) is 6.54 Å². The van der Waals surface area contributed by atoms with Crippen molar-refractivity contribution in [3.05, 3.63) is 30.1 Å². The minimum Gasteiger partial charge on any atom is -0.297 e. The average molecular weight is 224 g/mol. The Morgan fingerprint density at radius 1 is 1.47 bits per heavy atom. The van der Waals surface area contributed by atoms with Gasteiger partial charge in [-0.2, -0.15) is 5.26 Å². The smallest absolute Gasteiger partial charge is 0.0635 e. The summed E-state index contributed by atoms with van der Waals surface area (Å²) in [5.74, 6) is 0.589. The van der Waals surface area contributed by atoms with Gasteiger partial charge >= 0.3 is 0 Å². The van der Waals surface area contributed by atoms with Gasteiger partial charge in [0.2, 0.25) is 0 Å². The molecule has 1 aromatic rings. The summed E-state index contributed by atoms with van der Waals surface area (Å²) in [4.78, 5) is 6.21. The van der Waals surface area contributed by atoms with Gasteiger partial charge < -0.3 is 0 Å². The van der Waals surface area contributed by atoms with Crippen LogP contribution in [0.1, 0.15) is 12.0 Å². The van der Waals surface area contributed by atoms with Crippen molar-refractivity contribution < 1.29 is 0 Å². The van der Waals surface area contributed by atoms with Crippen LogP contribution >= 0.6 is 11.6 Å². The van der Waals surface area contributed by atoms with Gasteiger partial charge in [0.05, 0.1) is 6.07 Å². The van der Waals surface area contributed by atoms with E-state index in [9.17, 15) is 0 Å². The average Bonchev–Trinajstić information content (AvgIpc) is 2.28. The number of alkyl halides is 1. The molecule has 0 amide bonds. The van der Waals surface area contributed by atoms with Crippen molar-refractivity contribution in [3.8, 4) is 6.07 Å². The fourth-order valence-corrected chi connectivity index (χ4v) is 1.59. The standard InChI is InChI=1S/C11H14ClN3/c12-4-8-15(7-2-5-13)10-11-3-1-6-14-9-11/h1,3,6,9H,2,4,7-8,10H2. The zero-order valence-corrected chi connectivity index (χ0v) is 9.32. The lowest BCUT2D eigenvalue weighted by Crippen LogP contribution is -2.26. The second-order valence-electron chi connectivity index (χ2n) is 3.23. The Morgan fingerprint density at radius 2 is 2.33 bits per heavy atom. The van der Waals surface area contributed by atoms with Crippen LogP contribution < -0.4 is 0 Å². The summed E-state index contributed by atoms with van der Waals surface area (Å²) in [7, 11) is 0. The molecular formula is C11H14ClN3. The highest BCUT2D eigenvalue weighted by atomic mass is 35.5. The lowest BCUT2D eigenvalue weighted by molar-refractivity contribution is 0.288. The Morgan fingerprint density at radius 3 is 2.93 bits per heavy atom. The molecule has 1 aromatic heterocycles. The molecule has 0 aliphatic rings. The monoisotopic (exact) mass is 223 g/mol. The summed E-state index contributed by atoms with van der Waals surface area (Å²) in [5.41, 5.74) is 1.15. The summed E-state index contributed by atoms with van der Waals surface area (Å²) in [5, 5.41) is 8.53. The third-order valence-corrected chi connectivity index (χ3v) is 2.24. The number of nitrogens with zero attached hydrogens (tertiary/aromatic N) is 3. The van der Waals surface area contributed by atoms with Crippen LogP contribution in [0.15, 0.2) is 24.5 Å². The predicted molar refractivity (Wildman–Crippen MR) is 60.5 cm³/mol. The number of aromatic nitrogens is 1. The molecule has 0 radical (unpaired) electrons. The Balaban J connectivity index is 2.47. The van der Waals surface area contributed by atoms with E-state index >= 15 is 0 Å². The zero-order chi connectivity index (χ0) is 10.9. The van der Waals surface area contributed by atoms with Crippen molar-refractivity contribution in [3.63, 3.8) is 0 Å². The molecule has 0 fully saturated rings. The maximum Gasteiger partial charge on any atom is 0.0635 e. The first kappa shape index (κ1) is 12.0. The van der Waals surface area contributed by atoms with Crippen LogP contribution in [0.4, 0.5) is 0 Å². The molecule has 0 saturated carbocycles. The van der Waals surface area contributed by atoms with Gasteiger partial charge in [-0.25, -0.2) is 0 Å². The fraction of sp³-hybridized carbons (Fsp3) is 0.455. The van der Waals surface area contributed by atoms with Crippen LogP contribution in [0.5, 0.6) is 0 Å². The molecule has 3 nitrogen and oxygen atoms in total. The maximum atomic E-state index is 8.53. The SMILES string of the molecule is N#CCCN(CCCl)Cc1cccnc1. The molecule has 0 N–H and O–H groups in total. The van der Waals surface area contributed by atoms with Gasteiger partial charge in [0, 0.05) is 44.3 Å². The van der Waals surface area contributed by atoms with Crippen LogP contribution in [0, 0.1) is 11.3 Å². The van der Waals surface area contributed by atoms with Gasteiger partial charge in [0.15, 0.2) is 0 Å². The van der Waals surface area contributed by atoms with Gasteiger partial charge in [-0.1, -0.05) is 6.07 Å². The Labute approximate surface area is 95.3 Å². The number of nitriles is 1. The number of hydrogen-bond donors (Lipinski definition) is 0. The molecule has 0 unspecified atom stereocenters. The molecule has 0 bridgehead atoms. The van der Waals surface area contributed by atoms with Crippen molar-refractivity contribution in [2.24, 2.45) is 0 Å². The van der Waals surface area contributed by atoms with Crippen LogP contribution in [0.2, 0.25) is 0 Å². The highest BCUT2D eigenvalue weighted by molar-refractivity contribution is 6.18. The van der Waals surface area contributed by atoms with Crippen molar-refractivity contribution in [1.29, 1.82) is 5.26 Å². The fourth-order valence-electron chi connectivity index (χ4n) is 1.35. The quantitative estimate of drug-likeness (QED) is 0.693. The van der Waals surface area contributed by atoms with Crippen LogP contribution in [0.3, 0.4) is 0 Å². The highest BCUT2D eigenvalue weighted by Crippen LogP contribution is 2.03. The molecule has 1 rings (SSSR count). The lowest BCUT2D eigenvalue weighted by Gasteiger charge is -2.19. The molecule has 80 valence electrons. The summed E-state index contributed by atoms with van der Waals surface area (Å²) < 4.78 is 0. The molecule has 0 saturated heterocycles. The molecule has 1 heterocycles. The first-order chi connectivity index (χ1) is 7.36. The third-order valence-electron chi connectivity index (χ3n) is 2.07. The van der Waals surface area contributed by atoms with Crippen LogP contribution in [-0.4, -0.2) is 28.9 Å². The minimum absolute atomic E-state index is 0.539. The molecule has 0 aliphatic carbocycles. The van der Waals surface area contributed by atoms with Crippen molar-refractivity contribution in [2.75, 3.05) is 19.0 Å². The normalized spacial score (nSPS) is 10.2. The van der Waals surface area contributed by atoms with Gasteiger partial charge in [-0.15, -0.1) is 11.6 Å². The van der Waals surface area contributed by atoms with E-state index in [2.05, 4.69) is 16.0 Å². The van der Waals surface area contributed by atoms with E-state index in [-0.39, 0.29) is 0 Å². The van der Waals surface area contributed by atoms with Gasteiger partial charge in [0.25, 0.3) is 0 Å². The van der Waals surface area contributed by atoms with E-state index in [1.807, 2.05) is 18.3 Å². The van der Waals surface area contributed by atoms with Gasteiger partial charge in [-0.05, 0) is 11.6 Å². The number of halogens is 1. The summed E-state index contributed by atoms with van der Waals surface area (Å²) in [6, 6.07) is 6.09. The third kappa shape index (κ3) is 4.78. The molecular weight excluding hydrogens is 210 g/mol. The topological polar surface area (TPSA) is 39.9 Å². The molecule has 0 spiro atoms. The van der Waals surface area contributed by atoms with E-state index in [1.165, 1.54) is 0 Å². The van der Waals surface area contributed by atoms with Crippen LogP contribution in [0.25, 0.3) is 0 Å². The summed E-state index contributed by atoms with van der Waals surface area (Å²) in [6.45, 7) is 2.37. The predicted octanol–water partition coefficient (Wildman–Crippen LogP) is 2.04. The molecule has 4 heteroatoms. The Hall–Kier alpha value is -1.11. The minimum atomic E-state index is 0.539. The Bertz CT molecular complexity index is 307. The van der Waals surface area contributed by atoms with Crippen molar-refractivity contribution in [1.82, 2.24) is 9.88 Å². The molecule has 0 aromatic carbocycles. The first-order valence-electron chi connectivity index (χ1n) is 4.91. The van der Waals surface area contributed by atoms with E-state index in [0.717, 1.165) is 25.2 Å². The van der Waals surface area contributed by atoms with Crippen molar-refractivity contribution in [2.45, 2.75) is 13.0 Å². The number of hydrogen-bond acceptors (Lipinski definition) is 3. The summed E-state index contributed by atoms with van der Waals surface area (Å²) in [6.07, 6.45) is 4.13. The van der Waals surface area contributed by atoms with E-state index in [1.54, 1.807) is 6.20 Å². The maximum absolute atomic E-state index is 8.53. The number of rotatable bonds is 6. The lowest BCUT2D eigenvalue weighted by atomic mass is 10.2. The number of pyridine rings is 1. The first-order valence-corrected chi connectivity index (χ1v) is 5.44. The van der Waals surface area contributed by atoms with Crippen molar-refractivity contribution >= 4 is 11.6 Å². The Kier molecular flexibility index (Phi) is 5.76. The van der Waals surface area contributed by atoms with E-state index in [4.69, 9.17) is 16.9 Å².